The SMILES string of the molecule is O[B]OB(O[B]O)c1cccnc1. The van der Waals surface area contributed by atoms with E-state index < -0.39 is 7.12 Å². The molecule has 1 aromatic heterocycles. The highest BCUT2D eigenvalue weighted by molar-refractivity contribution is 6.68. The van der Waals surface area contributed by atoms with Crippen molar-refractivity contribution in [1.82, 2.24) is 4.98 Å². The molecule has 2 radical (unpaired) electrons. The summed E-state index contributed by atoms with van der Waals surface area (Å²) in [5.74, 6) is 0. The lowest BCUT2D eigenvalue weighted by atomic mass is 9.78. The van der Waals surface area contributed by atoms with Crippen molar-refractivity contribution in [2.24, 2.45) is 0 Å². The largest absolute Gasteiger partial charge is 0.470 e. The smallest absolute Gasteiger partial charge is 0.450 e. The quantitative estimate of drug-likeness (QED) is 0.501. The Morgan fingerprint density at radius 1 is 1.31 bits per heavy atom. The molecule has 13 heavy (non-hydrogen) atoms. The number of hydrogen-bond acceptors (Lipinski definition) is 5. The standard InChI is InChI=1S/C5H6B3NO4/c10-6-12-8(13-7-11)5-2-1-3-9-4-5/h1-4,10-11H. The molecule has 0 aromatic carbocycles. The molecular weight excluding hydrogens is 170 g/mol. The molecular formula is C5H6B3NO4. The van der Waals surface area contributed by atoms with Crippen molar-refractivity contribution in [3.8, 4) is 0 Å². The van der Waals surface area contributed by atoms with Crippen LogP contribution in [0.4, 0.5) is 0 Å². The Hall–Kier alpha value is -0.815. The van der Waals surface area contributed by atoms with Crippen molar-refractivity contribution in [3.05, 3.63) is 24.5 Å². The van der Waals surface area contributed by atoms with Crippen molar-refractivity contribution in [3.63, 3.8) is 0 Å². The molecule has 2 N–H and O–H groups in total. The van der Waals surface area contributed by atoms with Crippen LogP contribution in [0.25, 0.3) is 0 Å². The number of nitrogens with zero attached hydrogens (tertiary/aromatic N) is 1. The third-order valence-corrected chi connectivity index (χ3v) is 1.33. The van der Waals surface area contributed by atoms with Gasteiger partial charge in [-0.25, -0.2) is 0 Å². The minimum atomic E-state index is -0.885. The van der Waals surface area contributed by atoms with Crippen LogP contribution in [0.2, 0.25) is 0 Å². The lowest BCUT2D eigenvalue weighted by Crippen LogP contribution is -2.39. The maximum absolute atomic E-state index is 8.38. The third kappa shape index (κ3) is 3.20. The Morgan fingerprint density at radius 3 is 2.46 bits per heavy atom. The predicted octanol–water partition coefficient (Wildman–Crippen LogP) is -2.14. The summed E-state index contributed by atoms with van der Waals surface area (Å²) in [6.45, 7) is 0. The first-order valence-corrected chi connectivity index (χ1v) is 3.51. The van der Waals surface area contributed by atoms with Crippen LogP contribution in [0.15, 0.2) is 24.5 Å². The van der Waals surface area contributed by atoms with E-state index in [0.29, 0.717) is 20.8 Å². The number of hydrogen-bond donors (Lipinski definition) is 2. The Labute approximate surface area is 77.5 Å². The summed E-state index contributed by atoms with van der Waals surface area (Å²) < 4.78 is 9.29. The molecule has 0 amide bonds. The van der Waals surface area contributed by atoms with Gasteiger partial charge in [-0.1, -0.05) is 6.07 Å². The average molecular weight is 177 g/mol. The van der Waals surface area contributed by atoms with Crippen LogP contribution in [0.3, 0.4) is 0 Å². The second kappa shape index (κ2) is 5.77. The zero-order valence-corrected chi connectivity index (χ0v) is 6.70. The van der Waals surface area contributed by atoms with E-state index in [4.69, 9.17) is 10.0 Å². The van der Waals surface area contributed by atoms with Gasteiger partial charge in [-0.05, 0) is 11.5 Å². The van der Waals surface area contributed by atoms with Gasteiger partial charge in [-0.2, -0.15) is 0 Å². The number of rotatable bonds is 5. The van der Waals surface area contributed by atoms with Crippen molar-refractivity contribution < 1.29 is 19.2 Å². The summed E-state index contributed by atoms with van der Waals surface area (Å²) >= 11 is 0. The Kier molecular flexibility index (Phi) is 4.55. The number of pyridine rings is 1. The van der Waals surface area contributed by atoms with Crippen molar-refractivity contribution in [2.75, 3.05) is 0 Å². The highest BCUT2D eigenvalue weighted by atomic mass is 16.6. The summed E-state index contributed by atoms with van der Waals surface area (Å²) in [5, 5.41) is 16.8. The summed E-state index contributed by atoms with van der Waals surface area (Å²) in [6, 6.07) is 3.37. The van der Waals surface area contributed by atoms with Gasteiger partial charge in [0.15, 0.2) is 0 Å². The predicted molar refractivity (Wildman–Crippen MR) is 47.7 cm³/mol. The first kappa shape index (κ1) is 10.3. The Bertz CT molecular complexity index is 230. The molecule has 0 unspecified atom stereocenters. The molecule has 0 spiro atoms. The Morgan fingerprint density at radius 2 is 2.00 bits per heavy atom. The van der Waals surface area contributed by atoms with E-state index in [9.17, 15) is 0 Å². The normalized spacial score (nSPS) is 9.38. The summed E-state index contributed by atoms with van der Waals surface area (Å²) in [5.41, 5.74) is 0.582. The summed E-state index contributed by atoms with van der Waals surface area (Å²) in [4.78, 5) is 3.82. The molecule has 1 heterocycles. The van der Waals surface area contributed by atoms with Crippen LogP contribution in [0.1, 0.15) is 0 Å². The fourth-order valence-corrected chi connectivity index (χ4v) is 0.815. The molecule has 0 aliphatic heterocycles. The van der Waals surface area contributed by atoms with Gasteiger partial charge in [-0.15, -0.1) is 0 Å². The van der Waals surface area contributed by atoms with Gasteiger partial charge in [0.25, 0.3) is 0 Å². The fraction of sp³-hybridized carbons (Fsp3) is 0. The Balaban J connectivity index is 2.64. The van der Waals surface area contributed by atoms with Crippen LogP contribution < -0.4 is 5.46 Å². The van der Waals surface area contributed by atoms with Crippen LogP contribution in [0.5, 0.6) is 0 Å². The molecule has 8 heteroatoms. The molecule has 0 saturated heterocycles. The molecule has 0 saturated carbocycles. The molecule has 0 aliphatic rings. The van der Waals surface area contributed by atoms with E-state index >= 15 is 0 Å². The first-order valence-electron chi connectivity index (χ1n) is 3.51. The van der Waals surface area contributed by atoms with Gasteiger partial charge in [-0.3, -0.25) is 4.98 Å². The third-order valence-electron chi connectivity index (χ3n) is 1.33. The molecule has 1 aromatic rings. The van der Waals surface area contributed by atoms with Crippen molar-refractivity contribution >= 4 is 28.0 Å². The minimum absolute atomic E-state index is 0.487. The van der Waals surface area contributed by atoms with Crippen LogP contribution >= 0.6 is 0 Å². The van der Waals surface area contributed by atoms with Gasteiger partial charge < -0.3 is 19.2 Å². The summed E-state index contributed by atoms with van der Waals surface area (Å²) in [7, 11) is 0.0891. The highest BCUT2D eigenvalue weighted by Gasteiger charge is 2.20. The maximum atomic E-state index is 8.38. The van der Waals surface area contributed by atoms with Crippen molar-refractivity contribution in [2.45, 2.75) is 0 Å². The van der Waals surface area contributed by atoms with E-state index in [1.54, 1.807) is 18.3 Å². The lowest BCUT2D eigenvalue weighted by molar-refractivity contribution is 0.375. The highest BCUT2D eigenvalue weighted by Crippen LogP contribution is 1.88. The maximum Gasteiger partial charge on any atom is 0.470 e. The van der Waals surface area contributed by atoms with Gasteiger partial charge in [0, 0.05) is 12.4 Å². The fourth-order valence-electron chi connectivity index (χ4n) is 0.815. The molecule has 0 aliphatic carbocycles. The second-order valence-electron chi connectivity index (χ2n) is 2.10. The van der Waals surface area contributed by atoms with E-state index in [1.165, 1.54) is 6.20 Å². The van der Waals surface area contributed by atoms with Gasteiger partial charge in [0.1, 0.15) is 0 Å². The van der Waals surface area contributed by atoms with Crippen molar-refractivity contribution in [1.29, 1.82) is 0 Å². The minimum Gasteiger partial charge on any atom is -0.450 e. The zero-order chi connectivity index (χ0) is 9.52. The molecule has 0 atom stereocenters. The molecule has 64 valence electrons. The van der Waals surface area contributed by atoms with E-state index in [0.717, 1.165) is 0 Å². The summed E-state index contributed by atoms with van der Waals surface area (Å²) in [6.07, 6.45) is 3.09. The van der Waals surface area contributed by atoms with E-state index in [-0.39, 0.29) is 0 Å². The van der Waals surface area contributed by atoms with Gasteiger partial charge in [0.05, 0.1) is 0 Å². The molecule has 5 nitrogen and oxygen atoms in total. The van der Waals surface area contributed by atoms with Crippen LogP contribution in [-0.2, 0) is 9.14 Å². The number of aromatic nitrogens is 1. The molecule has 0 bridgehead atoms. The lowest BCUT2D eigenvalue weighted by Gasteiger charge is -2.09. The van der Waals surface area contributed by atoms with E-state index in [2.05, 4.69) is 14.1 Å². The van der Waals surface area contributed by atoms with Gasteiger partial charge >= 0.3 is 22.5 Å². The van der Waals surface area contributed by atoms with E-state index in [1.807, 2.05) is 0 Å². The topological polar surface area (TPSA) is 71.8 Å². The first-order chi connectivity index (χ1) is 6.38. The average Bonchev–Trinajstić information content (AvgIpc) is 2.19. The second-order valence-corrected chi connectivity index (χ2v) is 2.10. The molecule has 1 rings (SSSR count). The van der Waals surface area contributed by atoms with Crippen LogP contribution in [-0.4, -0.2) is 37.5 Å². The van der Waals surface area contributed by atoms with Gasteiger partial charge in [0.2, 0.25) is 0 Å². The van der Waals surface area contributed by atoms with Crippen LogP contribution in [0, 0.1) is 0 Å². The molecule has 0 fully saturated rings. The zero-order valence-electron chi connectivity index (χ0n) is 6.70. The monoisotopic (exact) mass is 177 g/mol.